The minimum absolute atomic E-state index is 0.757. The van der Waals surface area contributed by atoms with Crippen LogP contribution in [0.15, 0.2) is 0 Å². The molecule has 3 heteroatoms. The lowest BCUT2D eigenvalue weighted by molar-refractivity contribution is 0.669. The fourth-order valence-electron chi connectivity index (χ4n) is 1.49. The van der Waals surface area contributed by atoms with Gasteiger partial charge in [0.1, 0.15) is 4.34 Å². The van der Waals surface area contributed by atoms with Crippen LogP contribution in [-0.4, -0.2) is 0 Å². The summed E-state index contributed by atoms with van der Waals surface area (Å²) in [5.41, 5.74) is 7.78. The molecule has 0 spiro atoms. The maximum atomic E-state index is 5.97. The van der Waals surface area contributed by atoms with E-state index < -0.39 is 0 Å². The van der Waals surface area contributed by atoms with Crippen LogP contribution in [0.2, 0.25) is 4.34 Å². The lowest BCUT2D eigenvalue weighted by Gasteiger charge is -1.99. The topological polar surface area (TPSA) is 26.0 Å². The van der Waals surface area contributed by atoms with E-state index in [1.807, 2.05) is 0 Å². The molecule has 0 saturated heterocycles. The highest BCUT2D eigenvalue weighted by atomic mass is 35.5. The summed E-state index contributed by atoms with van der Waals surface area (Å²) in [4.78, 5) is 1.36. The van der Waals surface area contributed by atoms with Crippen molar-refractivity contribution in [3.05, 3.63) is 14.8 Å². The van der Waals surface area contributed by atoms with Crippen LogP contribution in [0, 0.1) is 6.92 Å². The number of halogens is 1. The summed E-state index contributed by atoms with van der Waals surface area (Å²) in [5, 5.41) is 0. The second-order valence-electron chi connectivity index (χ2n) is 3.65. The minimum Gasteiger partial charge on any atom is -0.397 e. The van der Waals surface area contributed by atoms with Crippen molar-refractivity contribution in [1.29, 1.82) is 0 Å². The van der Waals surface area contributed by atoms with Gasteiger partial charge < -0.3 is 5.73 Å². The Labute approximate surface area is 95.3 Å². The fraction of sp³-hybridized carbons (Fsp3) is 0.636. The number of nitrogens with two attached hydrogens (primary N) is 1. The summed E-state index contributed by atoms with van der Waals surface area (Å²) in [5.74, 6) is 0. The minimum atomic E-state index is 0.757. The molecule has 1 nitrogen and oxygen atoms in total. The third-order valence-corrected chi connectivity index (χ3v) is 4.10. The van der Waals surface area contributed by atoms with Gasteiger partial charge in [0.15, 0.2) is 0 Å². The maximum absolute atomic E-state index is 5.97. The van der Waals surface area contributed by atoms with Crippen LogP contribution in [0.5, 0.6) is 0 Å². The summed E-state index contributed by atoms with van der Waals surface area (Å²) in [6.45, 7) is 4.29. The van der Waals surface area contributed by atoms with Crippen LogP contribution < -0.4 is 5.73 Å². The molecule has 1 aromatic rings. The molecule has 0 saturated carbocycles. The molecular weight excluding hydrogens is 214 g/mol. The Morgan fingerprint density at radius 1 is 1.29 bits per heavy atom. The average molecular weight is 232 g/mol. The molecule has 2 N–H and O–H groups in total. The maximum Gasteiger partial charge on any atom is 0.116 e. The smallest absolute Gasteiger partial charge is 0.116 e. The molecule has 80 valence electrons. The first-order valence-corrected chi connectivity index (χ1v) is 6.39. The third-order valence-electron chi connectivity index (χ3n) is 2.50. The number of hydrogen-bond donors (Lipinski definition) is 1. The monoisotopic (exact) mass is 231 g/mol. The van der Waals surface area contributed by atoms with Gasteiger partial charge in [-0.25, -0.2) is 0 Å². The van der Waals surface area contributed by atoms with Crippen molar-refractivity contribution < 1.29 is 0 Å². The number of nitrogen functional groups attached to an aromatic ring is 1. The zero-order valence-corrected chi connectivity index (χ0v) is 10.5. The molecule has 0 bridgehead atoms. The normalized spacial score (nSPS) is 10.8. The summed E-state index contributed by atoms with van der Waals surface area (Å²) < 4.78 is 0.757. The largest absolute Gasteiger partial charge is 0.397 e. The molecule has 0 atom stereocenters. The van der Waals surface area contributed by atoms with Crippen LogP contribution >= 0.6 is 22.9 Å². The molecule has 0 aliphatic heterocycles. The van der Waals surface area contributed by atoms with E-state index >= 15 is 0 Å². The number of anilines is 1. The van der Waals surface area contributed by atoms with Gasteiger partial charge in [0, 0.05) is 4.88 Å². The second kappa shape index (κ2) is 5.62. The number of rotatable bonds is 5. The highest BCUT2D eigenvalue weighted by Crippen LogP contribution is 2.35. The molecule has 14 heavy (non-hydrogen) atoms. The van der Waals surface area contributed by atoms with E-state index in [4.69, 9.17) is 17.3 Å². The van der Waals surface area contributed by atoms with Gasteiger partial charge in [0.05, 0.1) is 5.69 Å². The SMILES string of the molecule is CCCCCCc1sc(Cl)c(N)c1C. The van der Waals surface area contributed by atoms with E-state index in [-0.39, 0.29) is 0 Å². The zero-order valence-electron chi connectivity index (χ0n) is 8.90. The van der Waals surface area contributed by atoms with E-state index in [0.717, 1.165) is 16.4 Å². The molecule has 0 fully saturated rings. The van der Waals surface area contributed by atoms with Crippen LogP contribution in [0.25, 0.3) is 0 Å². The summed E-state index contributed by atoms with van der Waals surface area (Å²) in [6.07, 6.45) is 6.31. The Kier molecular flexibility index (Phi) is 4.76. The third kappa shape index (κ3) is 2.89. The zero-order chi connectivity index (χ0) is 10.6. The summed E-state index contributed by atoms with van der Waals surface area (Å²) in [6, 6.07) is 0. The van der Waals surface area contributed by atoms with Crippen molar-refractivity contribution in [1.82, 2.24) is 0 Å². The van der Waals surface area contributed by atoms with Crippen molar-refractivity contribution in [3.8, 4) is 0 Å². The first-order chi connectivity index (χ1) is 6.66. The van der Waals surface area contributed by atoms with Gasteiger partial charge in [-0.1, -0.05) is 37.8 Å². The van der Waals surface area contributed by atoms with E-state index in [2.05, 4.69) is 13.8 Å². The predicted molar refractivity (Wildman–Crippen MR) is 66.3 cm³/mol. The molecule has 0 amide bonds. The molecule has 0 aliphatic rings. The Hall–Kier alpha value is -0.210. The van der Waals surface area contributed by atoms with Gasteiger partial charge in [-0.15, -0.1) is 11.3 Å². The van der Waals surface area contributed by atoms with Gasteiger partial charge in [0.2, 0.25) is 0 Å². The van der Waals surface area contributed by atoms with E-state index in [1.54, 1.807) is 11.3 Å². The van der Waals surface area contributed by atoms with Crippen LogP contribution in [0.1, 0.15) is 43.0 Å². The number of unbranched alkanes of at least 4 members (excludes halogenated alkanes) is 3. The highest BCUT2D eigenvalue weighted by Gasteiger charge is 2.09. The van der Waals surface area contributed by atoms with Crippen LogP contribution in [-0.2, 0) is 6.42 Å². The first kappa shape index (κ1) is 11.9. The predicted octanol–water partition coefficient (Wildman–Crippen LogP) is 4.41. The second-order valence-corrected chi connectivity index (χ2v) is 5.36. The fourth-order valence-corrected chi connectivity index (χ4v) is 2.90. The first-order valence-electron chi connectivity index (χ1n) is 5.20. The van der Waals surface area contributed by atoms with Gasteiger partial charge in [-0.05, 0) is 25.3 Å². The van der Waals surface area contributed by atoms with Crippen LogP contribution in [0.3, 0.4) is 0 Å². The highest BCUT2D eigenvalue weighted by molar-refractivity contribution is 7.17. The number of thiophene rings is 1. The molecular formula is C11H18ClNS. The molecule has 0 aliphatic carbocycles. The van der Waals surface area contributed by atoms with Crippen molar-refractivity contribution in [2.24, 2.45) is 0 Å². The standard InChI is InChI=1S/C11H18ClNS/c1-3-4-5-6-7-9-8(2)10(13)11(12)14-9/h3-7,13H2,1-2H3. The Balaban J connectivity index is 2.47. The summed E-state index contributed by atoms with van der Waals surface area (Å²) in [7, 11) is 0. The molecule has 1 rings (SSSR count). The Bertz CT molecular complexity index is 294. The van der Waals surface area contributed by atoms with E-state index in [1.165, 1.54) is 36.1 Å². The van der Waals surface area contributed by atoms with Gasteiger partial charge in [-0.2, -0.15) is 0 Å². The average Bonchev–Trinajstić information content (AvgIpc) is 2.41. The van der Waals surface area contributed by atoms with Gasteiger partial charge in [0.25, 0.3) is 0 Å². The Morgan fingerprint density at radius 2 is 2.00 bits per heavy atom. The molecule has 0 aromatic carbocycles. The van der Waals surface area contributed by atoms with Crippen LogP contribution in [0.4, 0.5) is 5.69 Å². The molecule has 1 aromatic heterocycles. The van der Waals surface area contributed by atoms with Gasteiger partial charge >= 0.3 is 0 Å². The number of hydrogen-bond acceptors (Lipinski definition) is 2. The van der Waals surface area contributed by atoms with Crippen molar-refractivity contribution in [2.45, 2.75) is 46.0 Å². The van der Waals surface area contributed by atoms with Crippen molar-refractivity contribution in [2.75, 3.05) is 5.73 Å². The summed E-state index contributed by atoms with van der Waals surface area (Å²) >= 11 is 7.61. The Morgan fingerprint density at radius 3 is 2.50 bits per heavy atom. The molecule has 1 heterocycles. The van der Waals surface area contributed by atoms with Crippen molar-refractivity contribution >= 4 is 28.6 Å². The molecule has 0 radical (unpaired) electrons. The molecule has 0 unspecified atom stereocenters. The lowest BCUT2D eigenvalue weighted by Crippen LogP contribution is -1.88. The van der Waals surface area contributed by atoms with E-state index in [9.17, 15) is 0 Å². The number of aryl methyl sites for hydroxylation is 1. The van der Waals surface area contributed by atoms with Crippen molar-refractivity contribution in [3.63, 3.8) is 0 Å². The quantitative estimate of drug-likeness (QED) is 0.747. The lowest BCUT2D eigenvalue weighted by atomic mass is 10.1. The van der Waals surface area contributed by atoms with E-state index in [0.29, 0.717) is 0 Å². The van der Waals surface area contributed by atoms with Gasteiger partial charge in [-0.3, -0.25) is 0 Å².